The summed E-state index contributed by atoms with van der Waals surface area (Å²) in [4.78, 5) is 27.1. The number of fused-ring (bicyclic) bond motifs is 1. The van der Waals surface area contributed by atoms with Crippen LogP contribution in [0, 0.1) is 0 Å². The summed E-state index contributed by atoms with van der Waals surface area (Å²) in [6, 6.07) is 4.68. The molecule has 0 unspecified atom stereocenters. The van der Waals surface area contributed by atoms with Gasteiger partial charge in [0.1, 0.15) is 23.5 Å². The highest BCUT2D eigenvalue weighted by atomic mass is 19.4. The number of H-pyrrole nitrogens is 1. The molecule has 0 aliphatic rings. The van der Waals surface area contributed by atoms with Gasteiger partial charge >= 0.3 is 6.18 Å². The minimum atomic E-state index is -4.46. The van der Waals surface area contributed by atoms with Gasteiger partial charge in [-0.2, -0.15) is 13.2 Å². The number of anilines is 1. The Balaban J connectivity index is 1.50. The van der Waals surface area contributed by atoms with Crippen LogP contribution in [0.15, 0.2) is 35.1 Å². The van der Waals surface area contributed by atoms with Crippen LogP contribution in [0.3, 0.4) is 0 Å². The van der Waals surface area contributed by atoms with Gasteiger partial charge in [0, 0.05) is 18.2 Å². The van der Waals surface area contributed by atoms with Crippen LogP contribution in [0.1, 0.15) is 27.4 Å². The molecule has 0 bridgehead atoms. The van der Waals surface area contributed by atoms with Crippen LogP contribution in [0.25, 0.3) is 22.6 Å². The number of carbonyl (C=O) groups is 1. The number of alkyl halides is 3. The van der Waals surface area contributed by atoms with Crippen LogP contribution in [0.5, 0.6) is 0 Å². The van der Waals surface area contributed by atoms with Crippen molar-refractivity contribution >= 4 is 22.8 Å². The lowest BCUT2D eigenvalue weighted by molar-refractivity contribution is -0.137. The normalized spacial score (nSPS) is 11.7. The van der Waals surface area contributed by atoms with Crippen molar-refractivity contribution in [3.63, 3.8) is 0 Å². The predicted molar refractivity (Wildman–Crippen MR) is 102 cm³/mol. The van der Waals surface area contributed by atoms with Crippen LogP contribution < -0.4 is 16.8 Å². The van der Waals surface area contributed by atoms with Gasteiger partial charge in [-0.1, -0.05) is 5.16 Å². The van der Waals surface area contributed by atoms with E-state index >= 15 is 0 Å². The molecule has 4 aromatic rings. The SMILES string of the molecule is NCc1c(N)ncnc1C(=O)NCc1cc(-c2nc3ccc(C(F)(F)F)cc3[nH]2)no1. The molecule has 31 heavy (non-hydrogen) atoms. The minimum Gasteiger partial charge on any atom is -0.383 e. The van der Waals surface area contributed by atoms with Gasteiger partial charge in [-0.3, -0.25) is 4.79 Å². The fraction of sp³-hybridized carbons (Fsp3) is 0.167. The Hall–Kier alpha value is -4.00. The van der Waals surface area contributed by atoms with Crippen molar-refractivity contribution < 1.29 is 22.5 Å². The Morgan fingerprint density at radius 3 is 2.77 bits per heavy atom. The second-order valence-corrected chi connectivity index (χ2v) is 6.47. The molecule has 1 aromatic carbocycles. The Kier molecular flexibility index (Phi) is 5.02. The highest BCUT2D eigenvalue weighted by Crippen LogP contribution is 2.31. The first-order valence-corrected chi connectivity index (χ1v) is 8.87. The Labute approximate surface area is 171 Å². The van der Waals surface area contributed by atoms with Gasteiger partial charge in [-0.25, -0.2) is 15.0 Å². The summed E-state index contributed by atoms with van der Waals surface area (Å²) in [5.74, 6) is 0.0971. The molecule has 3 heterocycles. The van der Waals surface area contributed by atoms with E-state index in [1.807, 2.05) is 0 Å². The average molecular weight is 432 g/mol. The Morgan fingerprint density at radius 2 is 2.03 bits per heavy atom. The molecule has 0 fully saturated rings. The number of carbonyl (C=O) groups excluding carboxylic acids is 1. The average Bonchev–Trinajstić information content (AvgIpc) is 3.37. The molecule has 0 aliphatic heterocycles. The summed E-state index contributed by atoms with van der Waals surface area (Å²) < 4.78 is 43.8. The molecule has 0 saturated heterocycles. The number of imidazole rings is 1. The van der Waals surface area contributed by atoms with Crippen molar-refractivity contribution in [2.24, 2.45) is 5.73 Å². The van der Waals surface area contributed by atoms with Gasteiger partial charge in [0.2, 0.25) is 0 Å². The summed E-state index contributed by atoms with van der Waals surface area (Å²) in [6.07, 6.45) is -3.31. The zero-order chi connectivity index (χ0) is 22.2. The number of aromatic amines is 1. The first-order valence-electron chi connectivity index (χ1n) is 8.87. The summed E-state index contributed by atoms with van der Waals surface area (Å²) in [7, 11) is 0. The molecule has 4 rings (SSSR count). The molecule has 0 aliphatic carbocycles. The Morgan fingerprint density at radius 1 is 1.23 bits per heavy atom. The monoisotopic (exact) mass is 432 g/mol. The maximum absolute atomic E-state index is 12.9. The van der Waals surface area contributed by atoms with Crippen molar-refractivity contribution in [1.82, 2.24) is 30.4 Å². The third-order valence-electron chi connectivity index (χ3n) is 4.43. The highest BCUT2D eigenvalue weighted by molar-refractivity contribution is 5.94. The van der Waals surface area contributed by atoms with Crippen LogP contribution in [0.4, 0.5) is 19.0 Å². The zero-order valence-corrected chi connectivity index (χ0v) is 15.7. The molecule has 13 heteroatoms. The zero-order valence-electron chi connectivity index (χ0n) is 15.7. The lowest BCUT2D eigenvalue weighted by Crippen LogP contribution is -2.26. The van der Waals surface area contributed by atoms with E-state index < -0.39 is 17.6 Å². The predicted octanol–water partition coefficient (Wildman–Crippen LogP) is 2.00. The van der Waals surface area contributed by atoms with E-state index in [1.54, 1.807) is 0 Å². The third kappa shape index (κ3) is 4.02. The molecule has 1 amide bonds. The number of nitrogens with two attached hydrogens (primary N) is 2. The van der Waals surface area contributed by atoms with E-state index in [0.29, 0.717) is 11.1 Å². The molecular formula is C18H15F3N8O2. The second kappa shape index (κ2) is 7.68. The number of halogens is 3. The highest BCUT2D eigenvalue weighted by Gasteiger charge is 2.30. The lowest BCUT2D eigenvalue weighted by atomic mass is 10.2. The number of nitrogens with zero attached hydrogens (tertiary/aromatic N) is 4. The van der Waals surface area contributed by atoms with Gasteiger partial charge in [-0.05, 0) is 18.2 Å². The number of hydrogen-bond acceptors (Lipinski definition) is 8. The third-order valence-corrected chi connectivity index (χ3v) is 4.43. The summed E-state index contributed by atoms with van der Waals surface area (Å²) >= 11 is 0. The quantitative estimate of drug-likeness (QED) is 0.372. The van der Waals surface area contributed by atoms with Gasteiger partial charge < -0.3 is 26.3 Å². The van der Waals surface area contributed by atoms with Crippen LogP contribution in [-0.4, -0.2) is 31.0 Å². The van der Waals surface area contributed by atoms with Crippen molar-refractivity contribution in [3.8, 4) is 11.5 Å². The maximum Gasteiger partial charge on any atom is 0.416 e. The number of benzene rings is 1. The topological polar surface area (TPSA) is 162 Å². The smallest absolute Gasteiger partial charge is 0.383 e. The van der Waals surface area contributed by atoms with E-state index in [1.165, 1.54) is 12.1 Å². The summed E-state index contributed by atoms with van der Waals surface area (Å²) in [5.41, 5.74) is 11.7. The number of nitrogen functional groups attached to an aromatic ring is 1. The molecule has 0 spiro atoms. The number of nitrogens with one attached hydrogen (secondary N) is 2. The van der Waals surface area contributed by atoms with Gasteiger partial charge in [-0.15, -0.1) is 0 Å². The number of aromatic nitrogens is 5. The summed E-state index contributed by atoms with van der Waals surface area (Å²) in [5, 5.41) is 6.45. The van der Waals surface area contributed by atoms with E-state index in [4.69, 9.17) is 16.0 Å². The number of hydrogen-bond donors (Lipinski definition) is 4. The largest absolute Gasteiger partial charge is 0.416 e. The maximum atomic E-state index is 12.9. The molecule has 0 radical (unpaired) electrons. The van der Waals surface area contributed by atoms with E-state index in [9.17, 15) is 18.0 Å². The van der Waals surface area contributed by atoms with E-state index in [0.717, 1.165) is 18.5 Å². The van der Waals surface area contributed by atoms with Crippen molar-refractivity contribution in [2.75, 3.05) is 5.73 Å². The van der Waals surface area contributed by atoms with Crippen LogP contribution in [0.2, 0.25) is 0 Å². The molecule has 0 atom stereocenters. The van der Waals surface area contributed by atoms with Crippen LogP contribution in [-0.2, 0) is 19.3 Å². The number of rotatable bonds is 5. The van der Waals surface area contributed by atoms with E-state index in [2.05, 4.69) is 30.4 Å². The molecule has 10 nitrogen and oxygen atoms in total. The van der Waals surface area contributed by atoms with Crippen molar-refractivity contribution in [3.05, 3.63) is 53.2 Å². The number of amides is 1. The molecular weight excluding hydrogens is 417 g/mol. The summed E-state index contributed by atoms with van der Waals surface area (Å²) in [6.45, 7) is -0.0395. The lowest BCUT2D eigenvalue weighted by Gasteiger charge is -2.08. The minimum absolute atomic E-state index is 0.00993. The fourth-order valence-corrected chi connectivity index (χ4v) is 2.89. The van der Waals surface area contributed by atoms with Gasteiger partial charge in [0.15, 0.2) is 11.6 Å². The second-order valence-electron chi connectivity index (χ2n) is 6.47. The molecule has 6 N–H and O–H groups in total. The molecule has 160 valence electrons. The molecule has 3 aromatic heterocycles. The van der Waals surface area contributed by atoms with Gasteiger partial charge in [0.25, 0.3) is 5.91 Å². The first kappa shape index (κ1) is 20.3. The van der Waals surface area contributed by atoms with Crippen LogP contribution >= 0.6 is 0 Å². The van der Waals surface area contributed by atoms with Gasteiger partial charge in [0.05, 0.1) is 23.1 Å². The molecule has 0 saturated carbocycles. The Bertz CT molecular complexity index is 1260. The van der Waals surface area contributed by atoms with E-state index in [-0.39, 0.29) is 47.4 Å². The van der Waals surface area contributed by atoms with Crippen molar-refractivity contribution in [2.45, 2.75) is 19.3 Å². The van der Waals surface area contributed by atoms with Crippen molar-refractivity contribution in [1.29, 1.82) is 0 Å². The fourth-order valence-electron chi connectivity index (χ4n) is 2.89. The first-order chi connectivity index (χ1) is 14.8. The standard InChI is InChI=1S/C18H15F3N8O2/c19-18(20,21)8-1-2-11-12(3-8)28-16(27-11)13-4-9(31-29-13)6-24-17(30)14-10(5-22)15(23)26-7-25-14/h1-4,7H,5-6,22H2,(H,24,30)(H,27,28)(H2,23,25,26).